The predicted molar refractivity (Wildman–Crippen MR) is 48.9 cm³/mol. The van der Waals surface area contributed by atoms with Crippen molar-refractivity contribution in [3.63, 3.8) is 0 Å². The molecule has 70 valence electrons. The van der Waals surface area contributed by atoms with Crippen LogP contribution in [-0.2, 0) is 9.53 Å². The molecule has 0 radical (unpaired) electrons. The summed E-state index contributed by atoms with van der Waals surface area (Å²) in [6.07, 6.45) is 0.654. The van der Waals surface area contributed by atoms with E-state index in [2.05, 4.69) is 6.58 Å². The molecular formula is C9H17NO2. The molecule has 0 bridgehead atoms. The minimum Gasteiger partial charge on any atom is -0.461 e. The van der Waals surface area contributed by atoms with Crippen molar-refractivity contribution < 1.29 is 9.53 Å². The maximum Gasteiger partial charge on any atom is 0.333 e. The quantitative estimate of drug-likeness (QED) is 0.457. The Kier molecular flexibility index (Phi) is 5.37. The zero-order valence-corrected chi connectivity index (χ0v) is 8.09. The smallest absolute Gasteiger partial charge is 0.333 e. The number of rotatable bonds is 5. The normalized spacial score (nSPS) is 10.0. The van der Waals surface area contributed by atoms with Crippen LogP contribution in [0, 0.1) is 0 Å². The Hall–Kier alpha value is -0.830. The largest absolute Gasteiger partial charge is 0.461 e. The molecule has 0 amide bonds. The molecule has 0 aromatic rings. The molecular weight excluding hydrogens is 154 g/mol. The van der Waals surface area contributed by atoms with Gasteiger partial charge in [0.25, 0.3) is 0 Å². The van der Waals surface area contributed by atoms with Gasteiger partial charge in [-0.3, -0.25) is 0 Å². The number of hydrogen-bond donors (Lipinski definition) is 0. The van der Waals surface area contributed by atoms with Gasteiger partial charge in [-0.2, -0.15) is 0 Å². The maximum absolute atomic E-state index is 11.0. The van der Waals surface area contributed by atoms with Crippen LogP contribution in [0.1, 0.15) is 13.3 Å². The number of nitrogens with zero attached hydrogens (tertiary/aromatic N) is 1. The van der Waals surface area contributed by atoms with Gasteiger partial charge in [0.15, 0.2) is 0 Å². The predicted octanol–water partition coefficient (Wildman–Crippen LogP) is 1.06. The Bertz CT molecular complexity index is 164. The summed E-state index contributed by atoms with van der Waals surface area (Å²) in [4.78, 5) is 13.0. The van der Waals surface area contributed by atoms with Gasteiger partial charge in [0.2, 0.25) is 0 Å². The van der Waals surface area contributed by atoms with Gasteiger partial charge >= 0.3 is 5.97 Å². The minimum absolute atomic E-state index is 0.278. The SMILES string of the molecule is C=C(CC)C(=O)OCCN(C)C. The van der Waals surface area contributed by atoms with E-state index in [1.54, 1.807) is 0 Å². The van der Waals surface area contributed by atoms with Crippen molar-refractivity contribution >= 4 is 5.97 Å². The Morgan fingerprint density at radius 2 is 2.08 bits per heavy atom. The highest BCUT2D eigenvalue weighted by Crippen LogP contribution is 1.98. The fourth-order valence-electron chi connectivity index (χ4n) is 0.567. The zero-order valence-electron chi connectivity index (χ0n) is 8.09. The second-order valence-corrected chi connectivity index (χ2v) is 2.90. The van der Waals surface area contributed by atoms with Crippen LogP contribution in [-0.4, -0.2) is 38.1 Å². The summed E-state index contributed by atoms with van der Waals surface area (Å²) >= 11 is 0. The molecule has 0 saturated heterocycles. The highest BCUT2D eigenvalue weighted by atomic mass is 16.5. The molecule has 3 heteroatoms. The summed E-state index contributed by atoms with van der Waals surface area (Å²) in [6.45, 7) is 6.66. The van der Waals surface area contributed by atoms with E-state index in [1.807, 2.05) is 25.9 Å². The first-order valence-electron chi connectivity index (χ1n) is 4.07. The second kappa shape index (κ2) is 5.77. The molecule has 0 N–H and O–H groups in total. The van der Waals surface area contributed by atoms with Gasteiger partial charge in [0, 0.05) is 12.1 Å². The van der Waals surface area contributed by atoms with Gasteiger partial charge in [-0.1, -0.05) is 13.5 Å². The van der Waals surface area contributed by atoms with Gasteiger partial charge in [-0.05, 0) is 20.5 Å². The van der Waals surface area contributed by atoms with E-state index >= 15 is 0 Å². The van der Waals surface area contributed by atoms with E-state index in [4.69, 9.17) is 4.74 Å². The van der Waals surface area contributed by atoms with Crippen molar-refractivity contribution in [3.05, 3.63) is 12.2 Å². The van der Waals surface area contributed by atoms with Crippen molar-refractivity contribution in [2.24, 2.45) is 0 Å². The van der Waals surface area contributed by atoms with Gasteiger partial charge in [0.1, 0.15) is 6.61 Å². The van der Waals surface area contributed by atoms with Crippen LogP contribution in [0.4, 0.5) is 0 Å². The zero-order chi connectivity index (χ0) is 9.56. The van der Waals surface area contributed by atoms with E-state index in [-0.39, 0.29) is 5.97 Å². The Morgan fingerprint density at radius 1 is 1.50 bits per heavy atom. The Balaban J connectivity index is 3.51. The van der Waals surface area contributed by atoms with Crippen molar-refractivity contribution in [1.82, 2.24) is 4.90 Å². The lowest BCUT2D eigenvalue weighted by Crippen LogP contribution is -2.20. The lowest BCUT2D eigenvalue weighted by molar-refractivity contribution is -0.139. The first kappa shape index (κ1) is 11.2. The van der Waals surface area contributed by atoms with Crippen LogP contribution in [0.3, 0.4) is 0 Å². The van der Waals surface area contributed by atoms with Crippen LogP contribution in [0.15, 0.2) is 12.2 Å². The second-order valence-electron chi connectivity index (χ2n) is 2.90. The molecule has 0 aromatic heterocycles. The molecule has 0 aliphatic heterocycles. The third-order valence-electron chi connectivity index (χ3n) is 1.49. The van der Waals surface area contributed by atoms with E-state index < -0.39 is 0 Å². The third kappa shape index (κ3) is 4.91. The van der Waals surface area contributed by atoms with Crippen molar-refractivity contribution in [2.75, 3.05) is 27.2 Å². The van der Waals surface area contributed by atoms with Gasteiger partial charge in [-0.25, -0.2) is 4.79 Å². The number of hydrogen-bond acceptors (Lipinski definition) is 3. The third-order valence-corrected chi connectivity index (χ3v) is 1.49. The van der Waals surface area contributed by atoms with Crippen LogP contribution < -0.4 is 0 Å². The van der Waals surface area contributed by atoms with E-state index in [1.165, 1.54) is 0 Å². The Labute approximate surface area is 74.0 Å². The number of carbonyl (C=O) groups excluding carboxylic acids is 1. The van der Waals surface area contributed by atoms with Gasteiger partial charge in [-0.15, -0.1) is 0 Å². The van der Waals surface area contributed by atoms with Crippen LogP contribution in [0.2, 0.25) is 0 Å². The minimum atomic E-state index is -0.278. The molecule has 0 atom stereocenters. The summed E-state index contributed by atoms with van der Waals surface area (Å²) in [5.41, 5.74) is 0.536. The lowest BCUT2D eigenvalue weighted by atomic mass is 10.2. The summed E-state index contributed by atoms with van der Waals surface area (Å²) in [5.74, 6) is -0.278. The summed E-state index contributed by atoms with van der Waals surface area (Å²) in [7, 11) is 3.87. The molecule has 3 nitrogen and oxygen atoms in total. The van der Waals surface area contributed by atoms with Crippen molar-refractivity contribution in [2.45, 2.75) is 13.3 Å². The lowest BCUT2D eigenvalue weighted by Gasteiger charge is -2.09. The molecule has 0 rings (SSSR count). The molecule has 0 unspecified atom stereocenters. The maximum atomic E-state index is 11.0. The first-order valence-corrected chi connectivity index (χ1v) is 4.07. The van der Waals surface area contributed by atoms with E-state index in [0.717, 1.165) is 6.54 Å². The molecule has 0 fully saturated rings. The molecule has 12 heavy (non-hydrogen) atoms. The molecule has 0 heterocycles. The first-order chi connectivity index (χ1) is 5.57. The van der Waals surface area contributed by atoms with Crippen molar-refractivity contribution in [3.8, 4) is 0 Å². The fourth-order valence-corrected chi connectivity index (χ4v) is 0.567. The van der Waals surface area contributed by atoms with Crippen LogP contribution in [0.5, 0.6) is 0 Å². The molecule has 0 spiro atoms. The van der Waals surface area contributed by atoms with Gasteiger partial charge in [0.05, 0.1) is 0 Å². The number of likely N-dealkylation sites (N-methyl/N-ethyl adjacent to an activating group) is 1. The molecule has 0 aliphatic carbocycles. The summed E-state index contributed by atoms with van der Waals surface area (Å²) in [5, 5.41) is 0. The average Bonchev–Trinajstić information content (AvgIpc) is 2.02. The topological polar surface area (TPSA) is 29.5 Å². The highest BCUT2D eigenvalue weighted by Gasteiger charge is 2.04. The number of ether oxygens (including phenoxy) is 1. The summed E-state index contributed by atoms with van der Waals surface area (Å²) < 4.78 is 4.93. The Morgan fingerprint density at radius 3 is 2.50 bits per heavy atom. The highest BCUT2D eigenvalue weighted by molar-refractivity contribution is 5.87. The van der Waals surface area contributed by atoms with Crippen LogP contribution in [0.25, 0.3) is 0 Å². The fraction of sp³-hybridized carbons (Fsp3) is 0.667. The monoisotopic (exact) mass is 171 g/mol. The standard InChI is InChI=1S/C9H17NO2/c1-5-8(2)9(11)12-7-6-10(3)4/h2,5-7H2,1,3-4H3. The molecule has 0 saturated carbocycles. The molecule has 0 aromatic carbocycles. The number of esters is 1. The van der Waals surface area contributed by atoms with Gasteiger partial charge < -0.3 is 9.64 Å². The van der Waals surface area contributed by atoms with Crippen LogP contribution >= 0.6 is 0 Å². The van der Waals surface area contributed by atoms with Crippen molar-refractivity contribution in [1.29, 1.82) is 0 Å². The summed E-state index contributed by atoms with van der Waals surface area (Å²) in [6, 6.07) is 0. The number of carbonyl (C=O) groups is 1. The molecule has 0 aliphatic rings. The average molecular weight is 171 g/mol. The van der Waals surface area contributed by atoms with E-state index in [9.17, 15) is 4.79 Å². The van der Waals surface area contributed by atoms with E-state index in [0.29, 0.717) is 18.6 Å².